The lowest BCUT2D eigenvalue weighted by Gasteiger charge is -2.38. The van der Waals surface area contributed by atoms with E-state index in [0.29, 0.717) is 35.9 Å². The number of halogens is 4. The van der Waals surface area contributed by atoms with Gasteiger partial charge in [0.1, 0.15) is 5.82 Å². The number of hydrogen-bond acceptors (Lipinski definition) is 4. The number of likely N-dealkylation sites (tertiary alicyclic amines) is 1. The molecular formula is C33H37F4N3O2. The number of carbonyl (C=O) groups is 1. The normalized spacial score (nSPS) is 17.9. The van der Waals surface area contributed by atoms with E-state index in [-0.39, 0.29) is 23.1 Å². The van der Waals surface area contributed by atoms with Gasteiger partial charge in [0, 0.05) is 36.7 Å². The van der Waals surface area contributed by atoms with Crippen molar-refractivity contribution in [3.8, 4) is 0 Å². The van der Waals surface area contributed by atoms with E-state index in [1.165, 1.54) is 12.1 Å². The Kier molecular flexibility index (Phi) is 8.78. The van der Waals surface area contributed by atoms with Crippen LogP contribution in [0, 0.1) is 12.7 Å². The molecule has 1 saturated carbocycles. The first-order valence-electron chi connectivity index (χ1n) is 14.6. The number of nitrogens with zero attached hydrogens (tertiary/aromatic N) is 2. The van der Waals surface area contributed by atoms with Gasteiger partial charge >= 0.3 is 6.18 Å². The first-order valence-corrected chi connectivity index (χ1v) is 14.6. The molecule has 0 bridgehead atoms. The molecular weight excluding hydrogens is 546 g/mol. The summed E-state index contributed by atoms with van der Waals surface area (Å²) in [6.07, 6.45) is 2.05. The molecule has 224 valence electrons. The molecule has 3 aromatic rings. The van der Waals surface area contributed by atoms with Crippen LogP contribution in [0.15, 0.2) is 54.6 Å². The van der Waals surface area contributed by atoms with Crippen LogP contribution in [0.3, 0.4) is 0 Å². The Balaban J connectivity index is 1.59. The number of alkyl halides is 3. The van der Waals surface area contributed by atoms with Gasteiger partial charge in [0.05, 0.1) is 23.8 Å². The number of anilines is 3. The molecule has 1 unspecified atom stereocenters. The molecule has 3 aromatic carbocycles. The molecule has 1 saturated heterocycles. The van der Waals surface area contributed by atoms with Crippen LogP contribution in [0.4, 0.5) is 34.6 Å². The number of nitrogens with one attached hydrogen (secondary N) is 1. The molecule has 0 radical (unpaired) electrons. The van der Waals surface area contributed by atoms with Crippen LogP contribution in [-0.2, 0) is 12.8 Å². The zero-order chi connectivity index (χ0) is 30.0. The predicted molar refractivity (Wildman–Crippen MR) is 157 cm³/mol. The summed E-state index contributed by atoms with van der Waals surface area (Å²) in [5.74, 6) is -0.954. The molecule has 1 heterocycles. The Hall–Kier alpha value is -3.59. The lowest BCUT2D eigenvalue weighted by molar-refractivity contribution is -0.138. The third-order valence-electron chi connectivity index (χ3n) is 8.63. The van der Waals surface area contributed by atoms with Crippen LogP contribution in [0.2, 0.25) is 0 Å². The SMILES string of the molecule is Cc1cccc(F)c1C(=O)N1CCCCC1c1ccc(NC2CCCC2)cc1N(C)c1ccc(CO)c(C(F)(F)F)c1. The smallest absolute Gasteiger partial charge is 0.392 e. The van der Waals surface area contributed by atoms with Crippen molar-refractivity contribution in [3.63, 3.8) is 0 Å². The van der Waals surface area contributed by atoms with E-state index in [2.05, 4.69) is 5.32 Å². The summed E-state index contributed by atoms with van der Waals surface area (Å²) in [6, 6.07) is 14.3. The number of hydrogen-bond donors (Lipinski definition) is 2. The Morgan fingerprint density at radius 3 is 2.45 bits per heavy atom. The average molecular weight is 584 g/mol. The fourth-order valence-corrected chi connectivity index (χ4v) is 6.37. The minimum Gasteiger partial charge on any atom is -0.392 e. The van der Waals surface area contributed by atoms with Gasteiger partial charge < -0.3 is 20.2 Å². The highest BCUT2D eigenvalue weighted by Crippen LogP contribution is 2.42. The summed E-state index contributed by atoms with van der Waals surface area (Å²) in [7, 11) is 1.71. The Labute approximate surface area is 244 Å². The third kappa shape index (κ3) is 6.11. The highest BCUT2D eigenvalue weighted by molar-refractivity contribution is 5.96. The van der Waals surface area contributed by atoms with Crippen LogP contribution in [-0.4, -0.2) is 35.5 Å². The van der Waals surface area contributed by atoms with E-state index in [1.807, 2.05) is 18.2 Å². The number of benzene rings is 3. The van der Waals surface area contributed by atoms with E-state index in [9.17, 15) is 27.5 Å². The van der Waals surface area contributed by atoms with Gasteiger partial charge in [-0.25, -0.2) is 4.39 Å². The van der Waals surface area contributed by atoms with Gasteiger partial charge in [-0.15, -0.1) is 0 Å². The zero-order valence-electron chi connectivity index (χ0n) is 24.0. The molecule has 0 spiro atoms. The summed E-state index contributed by atoms with van der Waals surface area (Å²) in [6.45, 7) is 1.44. The number of aliphatic hydroxyl groups excluding tert-OH is 1. The summed E-state index contributed by atoms with van der Waals surface area (Å²) < 4.78 is 56.6. The van der Waals surface area contributed by atoms with Crippen LogP contribution in [0.5, 0.6) is 0 Å². The molecule has 1 aliphatic heterocycles. The highest BCUT2D eigenvalue weighted by Gasteiger charge is 2.35. The number of carbonyl (C=O) groups excluding carboxylic acids is 1. The molecule has 2 fully saturated rings. The standard InChI is InChI=1S/C33H37F4N3O2/c1-21-8-7-11-28(34)31(21)32(42)40-17-6-5-12-29(40)26-16-14-24(38-23-9-3-4-10-23)18-30(26)39(2)25-15-13-22(20-41)27(19-25)33(35,36)37/h7-8,11,13-16,18-19,23,29,38,41H,3-6,9-10,12,17,20H2,1-2H3. The summed E-state index contributed by atoms with van der Waals surface area (Å²) in [5, 5.41) is 13.1. The fourth-order valence-electron chi connectivity index (χ4n) is 6.37. The van der Waals surface area contributed by atoms with E-state index in [0.717, 1.165) is 55.8 Å². The number of amides is 1. The van der Waals surface area contributed by atoms with Gasteiger partial charge in [-0.05, 0) is 86.1 Å². The highest BCUT2D eigenvalue weighted by atomic mass is 19.4. The molecule has 0 aromatic heterocycles. The topological polar surface area (TPSA) is 55.8 Å². The van der Waals surface area contributed by atoms with Crippen molar-refractivity contribution in [1.29, 1.82) is 0 Å². The van der Waals surface area contributed by atoms with E-state index in [1.54, 1.807) is 42.0 Å². The molecule has 42 heavy (non-hydrogen) atoms. The van der Waals surface area contributed by atoms with Crippen molar-refractivity contribution in [2.24, 2.45) is 0 Å². The summed E-state index contributed by atoms with van der Waals surface area (Å²) in [4.78, 5) is 17.2. The van der Waals surface area contributed by atoms with Crippen LogP contribution in [0.1, 0.15) is 83.6 Å². The number of aryl methyl sites for hydroxylation is 1. The van der Waals surface area contributed by atoms with Crippen molar-refractivity contribution in [2.45, 2.75) is 76.7 Å². The molecule has 2 aliphatic rings. The zero-order valence-corrected chi connectivity index (χ0v) is 24.0. The van der Waals surface area contributed by atoms with Crippen molar-refractivity contribution in [3.05, 3.63) is 88.2 Å². The van der Waals surface area contributed by atoms with Gasteiger partial charge in [-0.1, -0.05) is 37.1 Å². The van der Waals surface area contributed by atoms with Crippen molar-refractivity contribution >= 4 is 23.0 Å². The van der Waals surface area contributed by atoms with Crippen LogP contribution >= 0.6 is 0 Å². The van der Waals surface area contributed by atoms with Crippen molar-refractivity contribution in [1.82, 2.24) is 4.90 Å². The third-order valence-corrected chi connectivity index (χ3v) is 8.63. The molecule has 1 amide bonds. The Morgan fingerprint density at radius 1 is 1.02 bits per heavy atom. The maximum absolute atomic E-state index is 14.9. The van der Waals surface area contributed by atoms with Crippen LogP contribution in [0.25, 0.3) is 0 Å². The maximum atomic E-state index is 14.9. The molecule has 9 heteroatoms. The second-order valence-electron chi connectivity index (χ2n) is 11.4. The van der Waals surface area contributed by atoms with Gasteiger partial charge in [0.15, 0.2) is 0 Å². The Morgan fingerprint density at radius 2 is 1.76 bits per heavy atom. The monoisotopic (exact) mass is 583 g/mol. The molecule has 5 rings (SSSR count). The number of rotatable bonds is 7. The van der Waals surface area contributed by atoms with Gasteiger partial charge in [0.25, 0.3) is 5.91 Å². The van der Waals surface area contributed by atoms with E-state index in [4.69, 9.17) is 0 Å². The number of aliphatic hydroxyl groups is 1. The first-order chi connectivity index (χ1) is 20.1. The minimum atomic E-state index is -4.63. The summed E-state index contributed by atoms with van der Waals surface area (Å²) in [5.41, 5.74) is 2.14. The van der Waals surface area contributed by atoms with Gasteiger partial charge in [-0.3, -0.25) is 4.79 Å². The largest absolute Gasteiger partial charge is 0.416 e. The molecule has 1 atom stereocenters. The fraction of sp³-hybridized carbons (Fsp3) is 0.424. The lowest BCUT2D eigenvalue weighted by Crippen LogP contribution is -2.39. The predicted octanol–water partition coefficient (Wildman–Crippen LogP) is 8.14. The van der Waals surface area contributed by atoms with Gasteiger partial charge in [-0.2, -0.15) is 13.2 Å². The quantitative estimate of drug-likeness (QED) is 0.276. The van der Waals surface area contributed by atoms with E-state index >= 15 is 0 Å². The number of piperidine rings is 1. The summed E-state index contributed by atoms with van der Waals surface area (Å²) >= 11 is 0. The minimum absolute atomic E-state index is 0.0493. The van der Waals surface area contributed by atoms with Crippen molar-refractivity contribution in [2.75, 3.05) is 23.8 Å². The first kappa shape index (κ1) is 29.9. The second-order valence-corrected chi connectivity index (χ2v) is 11.4. The Bertz CT molecular complexity index is 1420. The molecule has 1 aliphatic carbocycles. The molecule has 5 nitrogen and oxygen atoms in total. The van der Waals surface area contributed by atoms with Crippen LogP contribution < -0.4 is 10.2 Å². The second kappa shape index (κ2) is 12.3. The average Bonchev–Trinajstić information content (AvgIpc) is 3.49. The van der Waals surface area contributed by atoms with Crippen molar-refractivity contribution < 1.29 is 27.5 Å². The maximum Gasteiger partial charge on any atom is 0.416 e. The lowest BCUT2D eigenvalue weighted by atomic mass is 9.91. The molecule has 2 N–H and O–H groups in total. The van der Waals surface area contributed by atoms with E-state index < -0.39 is 24.2 Å². The van der Waals surface area contributed by atoms with Gasteiger partial charge in [0.2, 0.25) is 0 Å².